The monoisotopic (exact) mass is 815 g/mol. The smallest absolute Gasteiger partial charge is 0.262 e. The number of nitrogens with one attached hydrogen (secondary N) is 2. The molecule has 52 heavy (non-hydrogen) atoms. The Morgan fingerprint density at radius 2 is 1.37 bits per heavy atom. The molecular weight excluding hydrogens is 762 g/mol. The SMILES string of the molecule is CCCCCCCCCCCCCCCCCCOc1ccc(S(=O)(=O)Nc2ccccc2Cl)cc1NC(=O)C(Br)C(=O)N1CCc2ccccc21. The fraction of sp³-hybridized carbons (Fsp3) is 0.512. The van der Waals surface area contributed by atoms with Crippen LogP contribution in [0.1, 0.15) is 115 Å². The van der Waals surface area contributed by atoms with Crippen LogP contribution in [0.15, 0.2) is 71.6 Å². The van der Waals surface area contributed by atoms with Crippen molar-refractivity contribution in [3.63, 3.8) is 0 Å². The lowest BCUT2D eigenvalue weighted by atomic mass is 10.0. The lowest BCUT2D eigenvalue weighted by Crippen LogP contribution is -2.41. The molecule has 0 saturated heterocycles. The molecule has 1 aliphatic heterocycles. The molecule has 0 aromatic heterocycles. The molecule has 4 rings (SSSR count). The number of nitrogens with zero attached hydrogens (tertiary/aromatic N) is 1. The number of carbonyl (C=O) groups is 2. The minimum Gasteiger partial charge on any atom is -0.491 e. The van der Waals surface area contributed by atoms with E-state index in [2.05, 4.69) is 32.9 Å². The first kappa shape index (κ1) is 41.7. The average molecular weight is 817 g/mol. The molecule has 0 spiro atoms. The minimum absolute atomic E-state index is 0.0941. The van der Waals surface area contributed by atoms with Crippen LogP contribution in [0.5, 0.6) is 5.75 Å². The lowest BCUT2D eigenvalue weighted by Gasteiger charge is -2.21. The number of amides is 2. The molecule has 0 fully saturated rings. The Bertz CT molecular complexity index is 1690. The van der Waals surface area contributed by atoms with Crippen LogP contribution in [0, 0.1) is 0 Å². The van der Waals surface area contributed by atoms with E-state index in [1.165, 1.54) is 102 Å². The van der Waals surface area contributed by atoms with Gasteiger partial charge in [-0.05, 0) is 54.8 Å². The second-order valence-electron chi connectivity index (χ2n) is 13.6. The fourth-order valence-corrected chi connectivity index (χ4v) is 8.20. The zero-order valence-corrected chi connectivity index (χ0v) is 33.7. The number of benzene rings is 3. The quantitative estimate of drug-likeness (QED) is 0.0532. The summed E-state index contributed by atoms with van der Waals surface area (Å²) in [5.74, 6) is -0.706. The number of rotatable bonds is 24. The summed E-state index contributed by atoms with van der Waals surface area (Å²) < 4.78 is 35.3. The third-order valence-corrected chi connectivity index (χ3v) is 12.0. The molecule has 1 unspecified atom stereocenters. The molecule has 284 valence electrons. The fourth-order valence-electron chi connectivity index (χ4n) is 6.49. The van der Waals surface area contributed by atoms with Crippen molar-refractivity contribution in [2.45, 2.75) is 126 Å². The number of alkyl halides is 1. The van der Waals surface area contributed by atoms with Gasteiger partial charge in [-0.1, -0.05) is 161 Å². The Kier molecular flexibility index (Phi) is 17.8. The highest BCUT2D eigenvalue weighted by molar-refractivity contribution is 9.10. The first-order valence-corrected chi connectivity index (χ1v) is 21.9. The van der Waals surface area contributed by atoms with Crippen LogP contribution < -0.4 is 19.7 Å². The predicted molar refractivity (Wildman–Crippen MR) is 218 cm³/mol. The molecule has 0 saturated carbocycles. The maximum Gasteiger partial charge on any atom is 0.262 e. The number of hydrogen-bond donors (Lipinski definition) is 2. The van der Waals surface area contributed by atoms with E-state index >= 15 is 0 Å². The number of fused-ring (bicyclic) bond motifs is 1. The Morgan fingerprint density at radius 1 is 0.788 bits per heavy atom. The first-order valence-electron chi connectivity index (χ1n) is 19.1. The first-order chi connectivity index (χ1) is 25.2. The summed E-state index contributed by atoms with van der Waals surface area (Å²) in [5, 5.41) is 3.01. The third kappa shape index (κ3) is 13.1. The van der Waals surface area contributed by atoms with Gasteiger partial charge in [0.1, 0.15) is 5.75 Å². The summed E-state index contributed by atoms with van der Waals surface area (Å²) in [4.78, 5) is 27.2. The van der Waals surface area contributed by atoms with Crippen LogP contribution >= 0.6 is 27.5 Å². The predicted octanol–water partition coefficient (Wildman–Crippen LogP) is 11.1. The summed E-state index contributed by atoms with van der Waals surface area (Å²) in [6, 6.07) is 18.5. The normalized spacial score (nSPS) is 13.1. The van der Waals surface area contributed by atoms with E-state index in [4.69, 9.17) is 16.3 Å². The largest absolute Gasteiger partial charge is 0.491 e. The highest BCUT2D eigenvalue weighted by Gasteiger charge is 2.33. The molecule has 3 aromatic carbocycles. The topological polar surface area (TPSA) is 105 Å². The number of halogens is 2. The number of anilines is 3. The number of ether oxygens (including phenoxy) is 1. The Hall–Kier alpha value is -3.08. The Morgan fingerprint density at radius 3 is 2.00 bits per heavy atom. The van der Waals surface area contributed by atoms with Gasteiger partial charge in [-0.2, -0.15) is 0 Å². The number of carbonyl (C=O) groups excluding carboxylic acids is 2. The van der Waals surface area contributed by atoms with Gasteiger partial charge in [0.05, 0.1) is 27.9 Å². The summed E-state index contributed by atoms with van der Waals surface area (Å²) in [7, 11) is -4.07. The Balaban J connectivity index is 1.28. The van der Waals surface area contributed by atoms with Crippen molar-refractivity contribution in [2.24, 2.45) is 0 Å². The van der Waals surface area contributed by atoms with Crippen LogP contribution in [0.3, 0.4) is 0 Å². The number of unbranched alkanes of at least 4 members (excludes halogenated alkanes) is 15. The molecule has 2 N–H and O–H groups in total. The van der Waals surface area contributed by atoms with Gasteiger partial charge in [0, 0.05) is 12.2 Å². The highest BCUT2D eigenvalue weighted by Crippen LogP contribution is 2.32. The van der Waals surface area contributed by atoms with Gasteiger partial charge in [-0.25, -0.2) is 8.42 Å². The zero-order valence-electron chi connectivity index (χ0n) is 30.5. The van der Waals surface area contributed by atoms with Crippen molar-refractivity contribution in [1.29, 1.82) is 0 Å². The van der Waals surface area contributed by atoms with Gasteiger partial charge in [-0.15, -0.1) is 0 Å². The van der Waals surface area contributed by atoms with E-state index < -0.39 is 26.7 Å². The standard InChI is InChI=1S/C41H55BrClN3O5S/c1-2-3-4-5-6-7-8-9-10-11-12-13-14-15-16-21-30-51-38-27-26-33(52(49,50)45-35-24-19-18-23-34(35)43)31-36(38)44-40(47)39(42)41(48)46-29-28-32-22-17-20-25-37(32)46/h17-20,22-27,31,39,45H,2-16,21,28-30H2,1H3,(H,44,47). The minimum atomic E-state index is -4.07. The molecule has 11 heteroatoms. The molecular formula is C41H55BrClN3O5S. The summed E-state index contributed by atoms with van der Waals surface area (Å²) in [6.45, 7) is 3.15. The summed E-state index contributed by atoms with van der Waals surface area (Å²) >= 11 is 9.51. The van der Waals surface area contributed by atoms with E-state index in [0.717, 1.165) is 30.5 Å². The number of para-hydroxylation sites is 2. The van der Waals surface area contributed by atoms with Crippen molar-refractivity contribution in [2.75, 3.05) is 28.1 Å². The lowest BCUT2D eigenvalue weighted by molar-refractivity contribution is -0.124. The number of sulfonamides is 1. The van der Waals surface area contributed by atoms with Gasteiger partial charge in [-0.3, -0.25) is 14.3 Å². The van der Waals surface area contributed by atoms with Gasteiger partial charge in [0.15, 0.2) is 4.83 Å². The molecule has 3 aromatic rings. The molecule has 1 heterocycles. The molecule has 0 aliphatic carbocycles. The second-order valence-corrected chi connectivity index (χ2v) is 16.6. The molecule has 1 aliphatic rings. The molecule has 1 atom stereocenters. The zero-order chi connectivity index (χ0) is 37.2. The van der Waals surface area contributed by atoms with Crippen molar-refractivity contribution in [3.05, 3.63) is 77.3 Å². The van der Waals surface area contributed by atoms with E-state index in [9.17, 15) is 18.0 Å². The summed E-state index contributed by atoms with van der Waals surface area (Å²) in [5.41, 5.74) is 2.22. The van der Waals surface area contributed by atoms with E-state index in [1.807, 2.05) is 24.3 Å². The summed E-state index contributed by atoms with van der Waals surface area (Å²) in [6.07, 6.45) is 21.1. The van der Waals surface area contributed by atoms with Gasteiger partial charge < -0.3 is 15.0 Å². The molecule has 0 bridgehead atoms. The maximum atomic E-state index is 13.5. The van der Waals surface area contributed by atoms with Crippen molar-refractivity contribution in [3.8, 4) is 5.75 Å². The molecule has 2 amide bonds. The van der Waals surface area contributed by atoms with Crippen molar-refractivity contribution in [1.82, 2.24) is 0 Å². The molecule has 0 radical (unpaired) electrons. The highest BCUT2D eigenvalue weighted by atomic mass is 79.9. The Labute approximate surface area is 324 Å². The molecule has 8 nitrogen and oxygen atoms in total. The third-order valence-electron chi connectivity index (χ3n) is 9.49. The van der Waals surface area contributed by atoms with E-state index in [0.29, 0.717) is 25.3 Å². The average Bonchev–Trinajstić information content (AvgIpc) is 3.58. The van der Waals surface area contributed by atoms with Gasteiger partial charge in [0.25, 0.3) is 10.0 Å². The van der Waals surface area contributed by atoms with Crippen LogP contribution in [0.2, 0.25) is 5.02 Å². The van der Waals surface area contributed by atoms with E-state index in [1.54, 1.807) is 29.2 Å². The van der Waals surface area contributed by atoms with Crippen LogP contribution in [0.4, 0.5) is 17.1 Å². The second kappa shape index (κ2) is 22.2. The van der Waals surface area contributed by atoms with Gasteiger partial charge >= 0.3 is 0 Å². The number of hydrogen-bond acceptors (Lipinski definition) is 5. The van der Waals surface area contributed by atoms with Crippen molar-refractivity contribution >= 4 is 66.4 Å². The van der Waals surface area contributed by atoms with Crippen LogP contribution in [-0.4, -0.2) is 38.2 Å². The van der Waals surface area contributed by atoms with Gasteiger partial charge in [0.2, 0.25) is 11.8 Å². The van der Waals surface area contributed by atoms with E-state index in [-0.39, 0.29) is 21.3 Å². The van der Waals surface area contributed by atoms with Crippen molar-refractivity contribution < 1.29 is 22.7 Å². The maximum absolute atomic E-state index is 13.5. The van der Waals surface area contributed by atoms with Crippen LogP contribution in [-0.2, 0) is 26.0 Å². The van der Waals surface area contributed by atoms with Crippen LogP contribution in [0.25, 0.3) is 0 Å².